The predicted octanol–water partition coefficient (Wildman–Crippen LogP) is 4.34. The lowest BCUT2D eigenvalue weighted by Crippen LogP contribution is -2.05. The summed E-state index contributed by atoms with van der Waals surface area (Å²) in [6.45, 7) is 2.05. The molecule has 0 unspecified atom stereocenters. The summed E-state index contributed by atoms with van der Waals surface area (Å²) in [5.41, 5.74) is 2.13. The average molecular weight is 344 g/mol. The molecule has 4 nitrogen and oxygen atoms in total. The Bertz CT molecular complexity index is 751. The molecule has 0 saturated heterocycles. The van der Waals surface area contributed by atoms with Crippen LogP contribution in [0.25, 0.3) is 11.6 Å². The fourth-order valence-corrected chi connectivity index (χ4v) is 2.37. The van der Waals surface area contributed by atoms with Gasteiger partial charge >= 0.3 is 5.97 Å². The summed E-state index contributed by atoms with van der Waals surface area (Å²) >= 11 is 0. The Labute approximate surface area is 146 Å². The number of rotatable bonds is 7. The number of carbonyl (C=O) groups excluding carboxylic acids is 1. The average Bonchev–Trinajstić information content (AvgIpc) is 2.62. The number of esters is 1. The lowest BCUT2D eigenvalue weighted by atomic mass is 9.99. The van der Waals surface area contributed by atoms with Gasteiger partial charge in [-0.05, 0) is 47.9 Å². The topological polar surface area (TPSA) is 44.8 Å². The molecule has 0 bridgehead atoms. The highest BCUT2D eigenvalue weighted by atomic mass is 19.1. The molecular formula is C20H21FO4. The third-order valence-corrected chi connectivity index (χ3v) is 3.62. The molecule has 0 aliphatic rings. The number of carbonyl (C=O) groups is 1. The molecule has 2 aromatic rings. The van der Waals surface area contributed by atoms with E-state index in [1.54, 1.807) is 20.1 Å². The number of benzene rings is 2. The van der Waals surface area contributed by atoms with Crippen LogP contribution in [0.2, 0.25) is 0 Å². The van der Waals surface area contributed by atoms with Crippen LogP contribution in [0.5, 0.6) is 11.5 Å². The monoisotopic (exact) mass is 344 g/mol. The quantitative estimate of drug-likeness (QED) is 0.554. The molecule has 0 radical (unpaired) electrons. The Morgan fingerprint density at radius 1 is 1.08 bits per heavy atom. The molecule has 0 fully saturated rings. The first-order valence-corrected chi connectivity index (χ1v) is 7.91. The number of halogens is 1. The lowest BCUT2D eigenvalue weighted by molar-refractivity contribution is -0.141. The molecule has 0 aromatic heterocycles. The Morgan fingerprint density at radius 3 is 2.36 bits per heavy atom. The second-order valence-electron chi connectivity index (χ2n) is 5.27. The molecule has 0 spiro atoms. The van der Waals surface area contributed by atoms with Crippen LogP contribution in [0.3, 0.4) is 0 Å². The summed E-state index contributed by atoms with van der Waals surface area (Å²) in [5.74, 6) is 0.0474. The standard InChI is InChI=1S/C20H21FO4/c1-4-25-20(22)13-16(11-14-5-8-17(23-2)9-6-14)15-7-10-19(24-3)18(21)12-15/h5-12H,4,13H2,1-3H3. The Hall–Kier alpha value is -2.82. The van der Waals surface area contributed by atoms with Crippen molar-refractivity contribution < 1.29 is 23.4 Å². The minimum atomic E-state index is -0.482. The fourth-order valence-electron chi connectivity index (χ4n) is 2.37. The smallest absolute Gasteiger partial charge is 0.310 e. The van der Waals surface area contributed by atoms with Crippen molar-refractivity contribution in [1.82, 2.24) is 0 Å². The van der Waals surface area contributed by atoms with Gasteiger partial charge in [-0.25, -0.2) is 4.39 Å². The van der Waals surface area contributed by atoms with Crippen molar-refractivity contribution in [3.8, 4) is 11.5 Å². The third-order valence-electron chi connectivity index (χ3n) is 3.62. The lowest BCUT2D eigenvalue weighted by Gasteiger charge is -2.10. The van der Waals surface area contributed by atoms with Gasteiger partial charge in [0.05, 0.1) is 27.2 Å². The molecule has 0 N–H and O–H groups in total. The minimum absolute atomic E-state index is 0.0473. The second kappa shape index (κ2) is 8.87. The Kier molecular flexibility index (Phi) is 6.57. The van der Waals surface area contributed by atoms with Crippen LogP contribution in [0, 0.1) is 5.82 Å². The van der Waals surface area contributed by atoms with E-state index < -0.39 is 5.82 Å². The van der Waals surface area contributed by atoms with Gasteiger partial charge < -0.3 is 14.2 Å². The zero-order valence-corrected chi connectivity index (χ0v) is 14.5. The van der Waals surface area contributed by atoms with E-state index in [1.807, 2.05) is 30.3 Å². The van der Waals surface area contributed by atoms with Crippen molar-refractivity contribution in [2.75, 3.05) is 20.8 Å². The molecule has 0 aliphatic carbocycles. The zero-order chi connectivity index (χ0) is 18.2. The van der Waals surface area contributed by atoms with Gasteiger partial charge in [0.1, 0.15) is 5.75 Å². The molecule has 0 heterocycles. The van der Waals surface area contributed by atoms with Crippen molar-refractivity contribution in [3.05, 3.63) is 59.4 Å². The van der Waals surface area contributed by atoms with Crippen molar-refractivity contribution in [3.63, 3.8) is 0 Å². The highest BCUT2D eigenvalue weighted by Crippen LogP contribution is 2.27. The summed E-state index contributed by atoms with van der Waals surface area (Å²) in [6.07, 6.45) is 1.88. The first-order chi connectivity index (χ1) is 12.1. The molecule has 0 amide bonds. The van der Waals surface area contributed by atoms with Crippen molar-refractivity contribution in [2.45, 2.75) is 13.3 Å². The summed E-state index contributed by atoms with van der Waals surface area (Å²) in [6, 6.07) is 12.0. The summed E-state index contributed by atoms with van der Waals surface area (Å²) in [7, 11) is 3.00. The van der Waals surface area contributed by atoms with Gasteiger partial charge in [0.15, 0.2) is 11.6 Å². The van der Waals surface area contributed by atoms with E-state index in [0.29, 0.717) is 17.7 Å². The molecule has 132 valence electrons. The molecule has 5 heteroatoms. The summed E-state index contributed by atoms with van der Waals surface area (Å²) in [5, 5.41) is 0. The van der Waals surface area contributed by atoms with Crippen LogP contribution in [-0.4, -0.2) is 26.8 Å². The molecule has 0 aliphatic heterocycles. The summed E-state index contributed by atoms with van der Waals surface area (Å²) in [4.78, 5) is 11.9. The van der Waals surface area contributed by atoms with Crippen molar-refractivity contribution >= 4 is 17.6 Å². The van der Waals surface area contributed by atoms with Gasteiger partial charge in [0.25, 0.3) is 0 Å². The van der Waals surface area contributed by atoms with Gasteiger partial charge in [0.2, 0.25) is 0 Å². The van der Waals surface area contributed by atoms with Crippen LogP contribution >= 0.6 is 0 Å². The van der Waals surface area contributed by atoms with E-state index in [0.717, 1.165) is 11.3 Å². The first kappa shape index (κ1) is 18.5. The molecule has 2 aromatic carbocycles. The van der Waals surface area contributed by atoms with Crippen LogP contribution in [-0.2, 0) is 9.53 Å². The van der Waals surface area contributed by atoms with Crippen LogP contribution in [0.1, 0.15) is 24.5 Å². The maximum atomic E-state index is 14.0. The van der Waals surface area contributed by atoms with E-state index in [-0.39, 0.29) is 18.1 Å². The molecule has 25 heavy (non-hydrogen) atoms. The largest absolute Gasteiger partial charge is 0.497 e. The van der Waals surface area contributed by atoms with Crippen LogP contribution in [0.15, 0.2) is 42.5 Å². The second-order valence-corrected chi connectivity index (χ2v) is 5.27. The van der Waals surface area contributed by atoms with Gasteiger partial charge in [-0.1, -0.05) is 24.3 Å². The molecule has 2 rings (SSSR count). The first-order valence-electron chi connectivity index (χ1n) is 7.91. The zero-order valence-electron chi connectivity index (χ0n) is 14.5. The van der Waals surface area contributed by atoms with Crippen molar-refractivity contribution in [1.29, 1.82) is 0 Å². The SMILES string of the molecule is CCOC(=O)CC(=Cc1ccc(OC)cc1)c1ccc(OC)c(F)c1. The van der Waals surface area contributed by atoms with Gasteiger partial charge in [0, 0.05) is 0 Å². The van der Waals surface area contributed by atoms with Crippen molar-refractivity contribution in [2.24, 2.45) is 0 Å². The fraction of sp³-hybridized carbons (Fsp3) is 0.250. The maximum Gasteiger partial charge on any atom is 0.310 e. The normalized spacial score (nSPS) is 11.1. The highest BCUT2D eigenvalue weighted by Gasteiger charge is 2.12. The van der Waals surface area contributed by atoms with E-state index in [2.05, 4.69) is 0 Å². The highest BCUT2D eigenvalue weighted by molar-refractivity contribution is 5.92. The maximum absolute atomic E-state index is 14.0. The Balaban J connectivity index is 2.39. The molecule has 0 atom stereocenters. The van der Waals surface area contributed by atoms with Gasteiger partial charge in [-0.15, -0.1) is 0 Å². The number of hydrogen-bond donors (Lipinski definition) is 0. The number of ether oxygens (including phenoxy) is 3. The number of methoxy groups -OCH3 is 2. The van der Waals surface area contributed by atoms with Crippen LogP contribution < -0.4 is 9.47 Å². The van der Waals surface area contributed by atoms with Crippen LogP contribution in [0.4, 0.5) is 4.39 Å². The van der Waals surface area contributed by atoms with E-state index in [1.165, 1.54) is 19.2 Å². The summed E-state index contributed by atoms with van der Waals surface area (Å²) < 4.78 is 29.2. The Morgan fingerprint density at radius 2 is 1.80 bits per heavy atom. The van der Waals surface area contributed by atoms with E-state index in [4.69, 9.17) is 14.2 Å². The minimum Gasteiger partial charge on any atom is -0.497 e. The molecule has 0 saturated carbocycles. The van der Waals surface area contributed by atoms with Gasteiger partial charge in [-0.2, -0.15) is 0 Å². The van der Waals surface area contributed by atoms with Gasteiger partial charge in [-0.3, -0.25) is 4.79 Å². The molecular weight excluding hydrogens is 323 g/mol. The van der Waals surface area contributed by atoms with E-state index in [9.17, 15) is 9.18 Å². The van der Waals surface area contributed by atoms with E-state index >= 15 is 0 Å². The third kappa shape index (κ3) is 5.08. The number of hydrogen-bond acceptors (Lipinski definition) is 4. The predicted molar refractivity (Wildman–Crippen MR) is 95.1 cm³/mol.